The van der Waals surface area contributed by atoms with Crippen LogP contribution in [0, 0.1) is 18.7 Å². The topological polar surface area (TPSA) is 32.3 Å². The second kappa shape index (κ2) is 7.55. The zero-order valence-electron chi connectivity index (χ0n) is 13.0. The van der Waals surface area contributed by atoms with Crippen LogP contribution in [0.15, 0.2) is 18.2 Å². The van der Waals surface area contributed by atoms with Crippen LogP contribution in [-0.2, 0) is 0 Å². The molecule has 0 aromatic heterocycles. The summed E-state index contributed by atoms with van der Waals surface area (Å²) in [5.41, 5.74) is 1.33. The van der Waals surface area contributed by atoms with E-state index in [9.17, 15) is 9.18 Å². The third-order valence-corrected chi connectivity index (χ3v) is 4.08. The molecule has 1 amide bonds. The summed E-state index contributed by atoms with van der Waals surface area (Å²) in [4.78, 5) is 14.7. The van der Waals surface area contributed by atoms with Gasteiger partial charge in [0.05, 0.1) is 0 Å². The first-order valence-electron chi connectivity index (χ1n) is 7.88. The van der Waals surface area contributed by atoms with Crippen LogP contribution in [0.3, 0.4) is 0 Å². The van der Waals surface area contributed by atoms with Crippen molar-refractivity contribution >= 4 is 5.91 Å². The van der Waals surface area contributed by atoms with E-state index in [4.69, 9.17) is 0 Å². The first kappa shape index (κ1) is 16.0. The molecular formula is C17H25FN2O. The van der Waals surface area contributed by atoms with Crippen molar-refractivity contribution in [2.75, 3.05) is 26.2 Å². The number of carbonyl (C=O) groups excluding carboxylic acids is 1. The number of rotatable bonds is 5. The molecule has 1 fully saturated rings. The number of hydrogen-bond acceptors (Lipinski definition) is 2. The lowest BCUT2D eigenvalue weighted by atomic mass is 9.98. The summed E-state index contributed by atoms with van der Waals surface area (Å²) in [5.74, 6) is 0.262. The van der Waals surface area contributed by atoms with Gasteiger partial charge in [-0.1, -0.05) is 6.92 Å². The molecule has 3 nitrogen and oxygen atoms in total. The summed E-state index contributed by atoms with van der Waals surface area (Å²) in [6, 6.07) is 4.40. The van der Waals surface area contributed by atoms with E-state index >= 15 is 0 Å². The highest BCUT2D eigenvalue weighted by Crippen LogP contribution is 2.17. The molecule has 1 aromatic carbocycles. The Morgan fingerprint density at radius 1 is 1.48 bits per heavy atom. The van der Waals surface area contributed by atoms with E-state index in [1.165, 1.54) is 25.0 Å². The van der Waals surface area contributed by atoms with Gasteiger partial charge in [0.2, 0.25) is 0 Å². The van der Waals surface area contributed by atoms with Crippen LogP contribution in [0.2, 0.25) is 0 Å². The van der Waals surface area contributed by atoms with Crippen LogP contribution in [0.25, 0.3) is 0 Å². The summed E-state index contributed by atoms with van der Waals surface area (Å²) in [7, 11) is 0. The number of aryl methyl sites for hydroxylation is 1. The van der Waals surface area contributed by atoms with E-state index in [2.05, 4.69) is 12.2 Å². The molecule has 2 rings (SSSR count). The SMILES string of the molecule is CCCN(CC1CCCNC1)C(=O)c1ccc(F)cc1C. The Hall–Kier alpha value is -1.42. The van der Waals surface area contributed by atoms with Crippen molar-refractivity contribution in [3.05, 3.63) is 35.1 Å². The summed E-state index contributed by atoms with van der Waals surface area (Å²) in [6.07, 6.45) is 3.28. The number of nitrogens with zero attached hydrogens (tertiary/aromatic N) is 1. The molecule has 1 atom stereocenters. The van der Waals surface area contributed by atoms with E-state index in [1.807, 2.05) is 4.90 Å². The molecular weight excluding hydrogens is 267 g/mol. The fourth-order valence-corrected chi connectivity index (χ4v) is 2.97. The summed E-state index contributed by atoms with van der Waals surface area (Å²) in [6.45, 7) is 7.48. The molecule has 1 heterocycles. The maximum atomic E-state index is 13.2. The molecule has 4 heteroatoms. The van der Waals surface area contributed by atoms with E-state index in [0.717, 1.165) is 32.6 Å². The number of amides is 1. The predicted molar refractivity (Wildman–Crippen MR) is 82.9 cm³/mol. The molecule has 1 aromatic rings. The van der Waals surface area contributed by atoms with Crippen LogP contribution in [-0.4, -0.2) is 37.0 Å². The Balaban J connectivity index is 2.10. The Morgan fingerprint density at radius 2 is 2.29 bits per heavy atom. The summed E-state index contributed by atoms with van der Waals surface area (Å²) >= 11 is 0. The minimum atomic E-state index is -0.289. The molecule has 1 aliphatic rings. The molecule has 0 aliphatic carbocycles. The van der Waals surface area contributed by atoms with Gasteiger partial charge in [-0.15, -0.1) is 0 Å². The quantitative estimate of drug-likeness (QED) is 0.905. The fraction of sp³-hybridized carbons (Fsp3) is 0.588. The van der Waals surface area contributed by atoms with E-state index < -0.39 is 0 Å². The molecule has 0 spiro atoms. The summed E-state index contributed by atoms with van der Waals surface area (Å²) < 4.78 is 13.2. The average Bonchev–Trinajstić information content (AvgIpc) is 2.47. The van der Waals surface area contributed by atoms with Crippen molar-refractivity contribution in [3.8, 4) is 0 Å². The first-order valence-corrected chi connectivity index (χ1v) is 7.88. The molecule has 1 aliphatic heterocycles. The number of hydrogen-bond donors (Lipinski definition) is 1. The van der Waals surface area contributed by atoms with Crippen molar-refractivity contribution < 1.29 is 9.18 Å². The Morgan fingerprint density at radius 3 is 2.90 bits per heavy atom. The molecule has 21 heavy (non-hydrogen) atoms. The van der Waals surface area contributed by atoms with Crippen molar-refractivity contribution in [3.63, 3.8) is 0 Å². The minimum Gasteiger partial charge on any atom is -0.338 e. The Labute approximate surface area is 126 Å². The molecule has 116 valence electrons. The highest BCUT2D eigenvalue weighted by atomic mass is 19.1. The lowest BCUT2D eigenvalue weighted by molar-refractivity contribution is 0.0718. The van der Waals surface area contributed by atoms with Crippen molar-refractivity contribution in [1.82, 2.24) is 10.2 Å². The number of carbonyl (C=O) groups is 1. The Kier molecular flexibility index (Phi) is 5.74. The van der Waals surface area contributed by atoms with Crippen LogP contribution in [0.1, 0.15) is 42.1 Å². The normalized spacial score (nSPS) is 18.5. The van der Waals surface area contributed by atoms with E-state index in [-0.39, 0.29) is 11.7 Å². The predicted octanol–water partition coefficient (Wildman–Crippen LogP) is 2.99. The lowest BCUT2D eigenvalue weighted by Gasteiger charge is -2.30. The van der Waals surface area contributed by atoms with Gasteiger partial charge in [-0.05, 0) is 69.0 Å². The van der Waals surface area contributed by atoms with Gasteiger partial charge in [0.15, 0.2) is 0 Å². The van der Waals surface area contributed by atoms with Gasteiger partial charge in [0, 0.05) is 18.7 Å². The van der Waals surface area contributed by atoms with Crippen LogP contribution in [0.4, 0.5) is 4.39 Å². The van der Waals surface area contributed by atoms with Crippen molar-refractivity contribution in [2.45, 2.75) is 33.1 Å². The zero-order valence-corrected chi connectivity index (χ0v) is 13.0. The van der Waals surface area contributed by atoms with Crippen molar-refractivity contribution in [2.24, 2.45) is 5.92 Å². The zero-order chi connectivity index (χ0) is 15.2. The fourth-order valence-electron chi connectivity index (χ4n) is 2.97. The monoisotopic (exact) mass is 292 g/mol. The van der Waals surface area contributed by atoms with Gasteiger partial charge in [0.1, 0.15) is 5.82 Å². The second-order valence-corrected chi connectivity index (χ2v) is 5.92. The first-order chi connectivity index (χ1) is 10.1. The highest BCUT2D eigenvalue weighted by Gasteiger charge is 2.22. The van der Waals surface area contributed by atoms with Gasteiger partial charge in [-0.25, -0.2) is 4.39 Å². The molecule has 1 unspecified atom stereocenters. The Bertz CT molecular complexity index is 484. The number of benzene rings is 1. The van der Waals surface area contributed by atoms with Gasteiger partial charge in [-0.3, -0.25) is 4.79 Å². The number of halogens is 1. The maximum Gasteiger partial charge on any atom is 0.254 e. The third-order valence-electron chi connectivity index (χ3n) is 4.08. The lowest BCUT2D eigenvalue weighted by Crippen LogP contribution is -2.41. The molecule has 1 saturated heterocycles. The van der Waals surface area contributed by atoms with Crippen molar-refractivity contribution in [1.29, 1.82) is 0 Å². The van der Waals surface area contributed by atoms with Crippen LogP contribution < -0.4 is 5.32 Å². The van der Waals surface area contributed by atoms with Gasteiger partial charge in [0.25, 0.3) is 5.91 Å². The highest BCUT2D eigenvalue weighted by molar-refractivity contribution is 5.95. The van der Waals surface area contributed by atoms with Crippen LogP contribution in [0.5, 0.6) is 0 Å². The van der Waals surface area contributed by atoms with Crippen LogP contribution >= 0.6 is 0 Å². The van der Waals surface area contributed by atoms with Gasteiger partial charge < -0.3 is 10.2 Å². The average molecular weight is 292 g/mol. The second-order valence-electron chi connectivity index (χ2n) is 5.92. The molecule has 0 saturated carbocycles. The third kappa shape index (κ3) is 4.27. The van der Waals surface area contributed by atoms with E-state index in [1.54, 1.807) is 13.0 Å². The molecule has 0 bridgehead atoms. The minimum absolute atomic E-state index is 0.0277. The smallest absolute Gasteiger partial charge is 0.254 e. The number of piperidine rings is 1. The standard InChI is InChI=1S/C17H25FN2O/c1-3-9-20(12-14-5-4-8-19-11-14)17(21)16-7-6-15(18)10-13(16)2/h6-7,10,14,19H,3-5,8-9,11-12H2,1-2H3. The molecule has 1 N–H and O–H groups in total. The van der Waals surface area contributed by atoms with E-state index in [0.29, 0.717) is 17.0 Å². The summed E-state index contributed by atoms with van der Waals surface area (Å²) in [5, 5.41) is 3.39. The number of nitrogens with one attached hydrogen (secondary N) is 1. The molecule has 0 radical (unpaired) electrons. The van der Waals surface area contributed by atoms with Gasteiger partial charge in [-0.2, -0.15) is 0 Å². The maximum absolute atomic E-state index is 13.2. The van der Waals surface area contributed by atoms with Gasteiger partial charge >= 0.3 is 0 Å². The largest absolute Gasteiger partial charge is 0.338 e.